The summed E-state index contributed by atoms with van der Waals surface area (Å²) < 4.78 is 0.744. The Labute approximate surface area is 140 Å². The molecule has 2 heterocycles. The second-order valence-electron chi connectivity index (χ2n) is 4.69. The summed E-state index contributed by atoms with van der Waals surface area (Å²) in [5.74, 6) is 0.175. The van der Waals surface area contributed by atoms with Crippen LogP contribution in [0.25, 0.3) is 0 Å². The molecule has 1 N–H and O–H groups in total. The number of nitrogens with zero attached hydrogens (tertiary/aromatic N) is 4. The van der Waals surface area contributed by atoms with E-state index in [9.17, 15) is 9.59 Å². The third kappa shape index (κ3) is 3.93. The van der Waals surface area contributed by atoms with E-state index in [1.165, 1.54) is 28.1 Å². The van der Waals surface area contributed by atoms with Gasteiger partial charge in [-0.1, -0.05) is 41.3 Å². The van der Waals surface area contributed by atoms with Crippen molar-refractivity contribution in [2.75, 3.05) is 10.8 Å². The fourth-order valence-electron chi connectivity index (χ4n) is 1.93. The smallest absolute Gasteiger partial charge is 0.255 e. The van der Waals surface area contributed by atoms with E-state index in [2.05, 4.69) is 20.6 Å². The van der Waals surface area contributed by atoms with E-state index >= 15 is 0 Å². The van der Waals surface area contributed by atoms with Crippen LogP contribution in [-0.4, -0.2) is 33.6 Å². The topological polar surface area (TPSA) is 87.6 Å². The number of rotatable bonds is 4. The summed E-state index contributed by atoms with van der Waals surface area (Å²) in [5.41, 5.74) is 0.681. The fraction of sp³-hybridized carbons (Fsp3) is 0.214. The summed E-state index contributed by atoms with van der Waals surface area (Å²) >= 11 is 2.75. The van der Waals surface area contributed by atoms with Crippen molar-refractivity contribution in [3.05, 3.63) is 35.3 Å². The fourth-order valence-corrected chi connectivity index (χ4v) is 3.55. The van der Waals surface area contributed by atoms with E-state index in [0.29, 0.717) is 11.5 Å². The minimum absolute atomic E-state index is 0.0865. The quantitative estimate of drug-likeness (QED) is 0.852. The van der Waals surface area contributed by atoms with Crippen LogP contribution in [0.2, 0.25) is 0 Å². The van der Waals surface area contributed by atoms with Gasteiger partial charge in [0.2, 0.25) is 5.91 Å². The Balaban J connectivity index is 1.57. The highest BCUT2D eigenvalue weighted by Gasteiger charge is 2.26. The number of carbonyl (C=O) groups excluding carboxylic acids is 2. The molecule has 118 valence electrons. The first-order valence-electron chi connectivity index (χ1n) is 6.80. The van der Waals surface area contributed by atoms with E-state index < -0.39 is 0 Å². The molecule has 0 aliphatic carbocycles. The number of carbonyl (C=O) groups is 2. The molecule has 0 unspecified atom stereocenters. The maximum absolute atomic E-state index is 12.0. The van der Waals surface area contributed by atoms with Gasteiger partial charge < -0.3 is 5.32 Å². The summed E-state index contributed by atoms with van der Waals surface area (Å²) in [6.07, 6.45) is 0.0865. The molecular formula is C14H13N5O2S2. The van der Waals surface area contributed by atoms with Gasteiger partial charge in [0, 0.05) is 0 Å². The zero-order chi connectivity index (χ0) is 16.2. The molecule has 0 bridgehead atoms. The van der Waals surface area contributed by atoms with Crippen molar-refractivity contribution < 1.29 is 9.59 Å². The highest BCUT2D eigenvalue weighted by Crippen LogP contribution is 2.22. The Morgan fingerprint density at radius 1 is 1.35 bits per heavy atom. The van der Waals surface area contributed by atoms with Crippen LogP contribution in [0.1, 0.15) is 11.4 Å². The molecule has 9 heteroatoms. The zero-order valence-corrected chi connectivity index (χ0v) is 13.9. The van der Waals surface area contributed by atoms with Gasteiger partial charge in [0.05, 0.1) is 17.9 Å². The molecular weight excluding hydrogens is 334 g/mol. The van der Waals surface area contributed by atoms with Gasteiger partial charge in [-0.2, -0.15) is 10.1 Å². The van der Waals surface area contributed by atoms with Crippen LogP contribution in [0.15, 0.2) is 39.8 Å². The number of anilines is 1. The van der Waals surface area contributed by atoms with Crippen LogP contribution >= 0.6 is 23.1 Å². The van der Waals surface area contributed by atoms with E-state index in [0.717, 1.165) is 9.35 Å². The Bertz CT molecular complexity index is 760. The number of amidine groups is 1. The number of aryl methyl sites for hydroxylation is 1. The van der Waals surface area contributed by atoms with Crippen LogP contribution in [0.3, 0.4) is 0 Å². The third-order valence-electron chi connectivity index (χ3n) is 2.89. The molecule has 0 fully saturated rings. The Hall–Kier alpha value is -2.26. The number of benzene rings is 1. The van der Waals surface area contributed by atoms with Crippen molar-refractivity contribution in [3.63, 3.8) is 0 Å². The van der Waals surface area contributed by atoms with Crippen molar-refractivity contribution in [2.45, 2.75) is 17.7 Å². The molecule has 1 aliphatic rings. The second-order valence-corrected chi connectivity index (χ2v) is 7.09. The summed E-state index contributed by atoms with van der Waals surface area (Å²) in [5, 5.41) is 16.8. The average molecular weight is 347 g/mol. The molecule has 0 atom stereocenters. The maximum Gasteiger partial charge on any atom is 0.255 e. The molecule has 3 rings (SSSR count). The van der Waals surface area contributed by atoms with Crippen LogP contribution in [0.5, 0.6) is 0 Å². The standard InChI is InChI=1S/C14H13N5O2S2/c1-9-16-17-14(23-9)22-8-12(20)15-11-7-13(21)19(18-11)10-5-3-2-4-6-10/h2-6H,7-8H2,1H3,(H,15,18,20). The Kier molecular flexibility index (Phi) is 4.68. The van der Waals surface area contributed by atoms with E-state index in [-0.39, 0.29) is 24.0 Å². The van der Waals surface area contributed by atoms with Crippen molar-refractivity contribution in [1.82, 2.24) is 15.5 Å². The first kappa shape index (κ1) is 15.6. The molecule has 2 aromatic rings. The lowest BCUT2D eigenvalue weighted by molar-refractivity contribution is -0.117. The van der Waals surface area contributed by atoms with Gasteiger partial charge in [-0.3, -0.25) is 9.59 Å². The number of nitrogens with one attached hydrogen (secondary N) is 1. The minimum Gasteiger partial charge on any atom is -0.312 e. The first-order chi connectivity index (χ1) is 11.1. The zero-order valence-electron chi connectivity index (χ0n) is 12.2. The number of hydrazone groups is 1. The molecule has 1 aromatic carbocycles. The summed E-state index contributed by atoms with van der Waals surface area (Å²) in [4.78, 5) is 23.9. The number of hydrogen-bond donors (Lipinski definition) is 1. The molecule has 0 spiro atoms. The van der Waals surface area contributed by atoms with Crippen molar-refractivity contribution in [1.29, 1.82) is 0 Å². The summed E-state index contributed by atoms with van der Waals surface area (Å²) in [6, 6.07) is 9.10. The predicted molar refractivity (Wildman–Crippen MR) is 89.5 cm³/mol. The van der Waals surface area contributed by atoms with Gasteiger partial charge in [0.25, 0.3) is 5.91 Å². The van der Waals surface area contributed by atoms with Gasteiger partial charge >= 0.3 is 0 Å². The lowest BCUT2D eigenvalue weighted by atomic mass is 10.3. The number of para-hydroxylation sites is 1. The number of aromatic nitrogens is 2. The largest absolute Gasteiger partial charge is 0.312 e. The molecule has 7 nitrogen and oxygen atoms in total. The molecule has 1 aliphatic heterocycles. The van der Waals surface area contributed by atoms with Gasteiger partial charge in [0.1, 0.15) is 10.8 Å². The van der Waals surface area contributed by atoms with Crippen LogP contribution in [-0.2, 0) is 9.59 Å². The lowest BCUT2D eigenvalue weighted by Gasteiger charge is -2.10. The maximum atomic E-state index is 12.0. The minimum atomic E-state index is -0.218. The molecule has 0 saturated heterocycles. The molecule has 2 amide bonds. The second kappa shape index (κ2) is 6.88. The monoisotopic (exact) mass is 347 g/mol. The number of thioether (sulfide) groups is 1. The average Bonchev–Trinajstić information content (AvgIpc) is 3.12. The van der Waals surface area contributed by atoms with E-state index in [1.807, 2.05) is 25.1 Å². The predicted octanol–water partition coefficient (Wildman–Crippen LogP) is 1.81. The highest BCUT2D eigenvalue weighted by atomic mass is 32.2. The van der Waals surface area contributed by atoms with Crippen molar-refractivity contribution in [2.24, 2.45) is 5.10 Å². The first-order valence-corrected chi connectivity index (χ1v) is 8.60. The number of amides is 2. The Morgan fingerprint density at radius 2 is 2.13 bits per heavy atom. The van der Waals surface area contributed by atoms with Crippen LogP contribution in [0.4, 0.5) is 5.69 Å². The van der Waals surface area contributed by atoms with Gasteiger partial charge in [-0.05, 0) is 19.1 Å². The van der Waals surface area contributed by atoms with E-state index in [1.54, 1.807) is 12.1 Å². The van der Waals surface area contributed by atoms with E-state index in [4.69, 9.17) is 0 Å². The van der Waals surface area contributed by atoms with Gasteiger partial charge in [-0.15, -0.1) is 10.2 Å². The van der Waals surface area contributed by atoms with Crippen molar-refractivity contribution >= 4 is 46.4 Å². The molecule has 1 aromatic heterocycles. The SMILES string of the molecule is Cc1nnc(SCC(=O)NC2=NN(c3ccccc3)C(=O)C2)s1. The lowest BCUT2D eigenvalue weighted by Crippen LogP contribution is -2.31. The molecule has 0 saturated carbocycles. The normalized spacial score (nSPS) is 14.0. The van der Waals surface area contributed by atoms with Crippen molar-refractivity contribution in [3.8, 4) is 0 Å². The summed E-state index contributed by atoms with van der Waals surface area (Å²) in [6.45, 7) is 1.86. The molecule has 23 heavy (non-hydrogen) atoms. The van der Waals surface area contributed by atoms with Gasteiger partial charge in [0.15, 0.2) is 4.34 Å². The van der Waals surface area contributed by atoms with Crippen LogP contribution < -0.4 is 10.3 Å². The molecule has 0 radical (unpaired) electrons. The Morgan fingerprint density at radius 3 is 2.83 bits per heavy atom. The highest BCUT2D eigenvalue weighted by molar-refractivity contribution is 8.01. The summed E-state index contributed by atoms with van der Waals surface area (Å²) in [7, 11) is 0. The van der Waals surface area contributed by atoms with Crippen LogP contribution in [0, 0.1) is 6.92 Å². The van der Waals surface area contributed by atoms with Gasteiger partial charge in [-0.25, -0.2) is 0 Å². The third-order valence-corrected chi connectivity index (χ3v) is 4.87. The number of hydrogen-bond acceptors (Lipinski definition) is 7.